The molecule has 0 radical (unpaired) electrons. The SMILES string of the molecule is O=C(Nc1cccc(-c2nc3ccccn3c2-c2ccnc(Nc3ccc(C4CCNC4)cc3)n2)c1)c1cccc2ccsc12. The van der Waals surface area contributed by atoms with Crippen molar-refractivity contribution in [2.45, 2.75) is 12.3 Å². The number of nitrogens with zero attached hydrogens (tertiary/aromatic N) is 4. The van der Waals surface area contributed by atoms with E-state index in [-0.39, 0.29) is 5.91 Å². The number of rotatable bonds is 7. The minimum absolute atomic E-state index is 0.144. The number of carbonyl (C=O) groups excluding carboxylic acids is 1. The van der Waals surface area contributed by atoms with Gasteiger partial charge in [-0.25, -0.2) is 15.0 Å². The standard InChI is InChI=1S/C36H29N7OS/c44-35(29-8-4-5-24-16-20-45-34(24)29)39-28-7-3-6-25(21-28)32-33(43-19-2-1-9-31(43)42-32)30-15-18-38-36(41-30)40-27-12-10-23(11-13-27)26-14-17-37-22-26/h1-13,15-16,18-21,26,37H,14,17,22H2,(H,39,44)(H,38,40,41). The highest BCUT2D eigenvalue weighted by Gasteiger charge is 2.20. The monoisotopic (exact) mass is 607 g/mol. The lowest BCUT2D eigenvalue weighted by atomic mass is 9.98. The molecule has 1 aliphatic heterocycles. The van der Waals surface area contributed by atoms with E-state index < -0.39 is 0 Å². The number of anilines is 3. The lowest BCUT2D eigenvalue weighted by molar-refractivity contribution is 0.102. The van der Waals surface area contributed by atoms with Crippen LogP contribution in [-0.2, 0) is 0 Å². The van der Waals surface area contributed by atoms with E-state index in [0.29, 0.717) is 23.1 Å². The van der Waals surface area contributed by atoms with Crippen molar-refractivity contribution in [1.29, 1.82) is 0 Å². The van der Waals surface area contributed by atoms with Gasteiger partial charge >= 0.3 is 0 Å². The Morgan fingerprint density at radius 1 is 0.911 bits per heavy atom. The van der Waals surface area contributed by atoms with Gasteiger partial charge in [0, 0.05) is 40.6 Å². The quantitative estimate of drug-likeness (QED) is 0.172. The number of imidazole rings is 1. The molecule has 8 nitrogen and oxygen atoms in total. The minimum atomic E-state index is -0.144. The predicted molar refractivity (Wildman–Crippen MR) is 181 cm³/mol. The van der Waals surface area contributed by atoms with Crippen LogP contribution in [0.2, 0.25) is 0 Å². The molecule has 1 atom stereocenters. The van der Waals surface area contributed by atoms with Gasteiger partial charge in [-0.05, 0) is 89.8 Å². The molecular formula is C36H29N7OS. The molecule has 1 fully saturated rings. The summed E-state index contributed by atoms with van der Waals surface area (Å²) in [6.45, 7) is 2.10. The zero-order valence-corrected chi connectivity index (χ0v) is 25.1. The van der Waals surface area contributed by atoms with Crippen LogP contribution in [0.1, 0.15) is 28.3 Å². The van der Waals surface area contributed by atoms with E-state index in [0.717, 1.165) is 57.2 Å². The normalized spacial score (nSPS) is 14.6. The summed E-state index contributed by atoms with van der Waals surface area (Å²) >= 11 is 1.57. The molecule has 45 heavy (non-hydrogen) atoms. The van der Waals surface area contributed by atoms with Crippen molar-refractivity contribution in [2.24, 2.45) is 0 Å². The summed E-state index contributed by atoms with van der Waals surface area (Å²) < 4.78 is 3.01. The van der Waals surface area contributed by atoms with Gasteiger partial charge in [-0.2, -0.15) is 0 Å². The molecule has 0 aliphatic carbocycles. The fraction of sp³-hybridized carbons (Fsp3) is 0.111. The van der Waals surface area contributed by atoms with Gasteiger partial charge in [-0.1, -0.05) is 42.5 Å². The maximum atomic E-state index is 13.3. The van der Waals surface area contributed by atoms with Crippen LogP contribution in [0.3, 0.4) is 0 Å². The van der Waals surface area contributed by atoms with Crippen LogP contribution in [0.5, 0.6) is 0 Å². The molecule has 1 aliphatic rings. The van der Waals surface area contributed by atoms with Crippen molar-refractivity contribution >= 4 is 50.3 Å². The van der Waals surface area contributed by atoms with Gasteiger partial charge in [-0.3, -0.25) is 9.20 Å². The topological polar surface area (TPSA) is 96.2 Å². The Kier molecular flexibility index (Phi) is 7.01. The Balaban J connectivity index is 1.11. The number of hydrogen-bond acceptors (Lipinski definition) is 7. The van der Waals surface area contributed by atoms with Crippen LogP contribution in [-0.4, -0.2) is 38.3 Å². The van der Waals surface area contributed by atoms with Crippen LogP contribution in [0.15, 0.2) is 115 Å². The van der Waals surface area contributed by atoms with Gasteiger partial charge in [-0.15, -0.1) is 11.3 Å². The van der Waals surface area contributed by atoms with E-state index in [1.54, 1.807) is 17.5 Å². The summed E-state index contributed by atoms with van der Waals surface area (Å²) in [5.41, 5.74) is 7.62. The third-order valence-electron chi connectivity index (χ3n) is 8.24. The first-order valence-electron chi connectivity index (χ1n) is 15.0. The Hall–Kier alpha value is -5.38. The first kappa shape index (κ1) is 27.2. The first-order valence-corrected chi connectivity index (χ1v) is 15.8. The second kappa shape index (κ2) is 11.6. The predicted octanol–water partition coefficient (Wildman–Crippen LogP) is 7.75. The third kappa shape index (κ3) is 5.32. The van der Waals surface area contributed by atoms with E-state index in [4.69, 9.17) is 9.97 Å². The van der Waals surface area contributed by atoms with Crippen molar-refractivity contribution in [2.75, 3.05) is 23.7 Å². The largest absolute Gasteiger partial charge is 0.324 e. The van der Waals surface area contributed by atoms with E-state index in [1.807, 2.05) is 88.8 Å². The van der Waals surface area contributed by atoms with Crippen molar-refractivity contribution in [1.82, 2.24) is 24.7 Å². The number of hydrogen-bond donors (Lipinski definition) is 3. The molecule has 0 spiro atoms. The Morgan fingerprint density at radius 2 is 1.82 bits per heavy atom. The second-order valence-corrected chi connectivity index (χ2v) is 12.0. The number of nitrogens with one attached hydrogen (secondary N) is 3. The van der Waals surface area contributed by atoms with E-state index in [1.165, 1.54) is 12.0 Å². The maximum Gasteiger partial charge on any atom is 0.257 e. The molecular weight excluding hydrogens is 579 g/mol. The van der Waals surface area contributed by atoms with Crippen molar-refractivity contribution in [3.63, 3.8) is 0 Å². The molecule has 5 heterocycles. The number of fused-ring (bicyclic) bond motifs is 2. The zero-order valence-electron chi connectivity index (χ0n) is 24.3. The number of aromatic nitrogens is 4. The van der Waals surface area contributed by atoms with Crippen LogP contribution in [0, 0.1) is 0 Å². The van der Waals surface area contributed by atoms with Crippen molar-refractivity contribution < 1.29 is 4.79 Å². The molecule has 1 saturated heterocycles. The Labute approximate surface area is 263 Å². The summed E-state index contributed by atoms with van der Waals surface area (Å²) in [7, 11) is 0. The Bertz CT molecular complexity index is 2160. The highest BCUT2D eigenvalue weighted by atomic mass is 32.1. The molecule has 220 valence electrons. The van der Waals surface area contributed by atoms with Crippen molar-refractivity contribution in [3.8, 4) is 22.6 Å². The molecule has 0 saturated carbocycles. The average molecular weight is 608 g/mol. The van der Waals surface area contributed by atoms with Gasteiger partial charge in [0.25, 0.3) is 5.91 Å². The van der Waals surface area contributed by atoms with Crippen LogP contribution >= 0.6 is 11.3 Å². The fourth-order valence-electron chi connectivity index (χ4n) is 6.01. The van der Waals surface area contributed by atoms with Gasteiger partial charge in [0.1, 0.15) is 5.65 Å². The number of pyridine rings is 1. The molecule has 1 unspecified atom stereocenters. The smallest absolute Gasteiger partial charge is 0.257 e. The average Bonchev–Trinajstić information content (AvgIpc) is 3.86. The maximum absolute atomic E-state index is 13.3. The number of carbonyl (C=O) groups is 1. The van der Waals surface area contributed by atoms with E-state index >= 15 is 0 Å². The highest BCUT2D eigenvalue weighted by molar-refractivity contribution is 7.17. The van der Waals surface area contributed by atoms with Crippen LogP contribution in [0.4, 0.5) is 17.3 Å². The summed E-state index contributed by atoms with van der Waals surface area (Å²) in [6, 6.07) is 32.0. The summed E-state index contributed by atoms with van der Waals surface area (Å²) in [5.74, 6) is 0.924. The Morgan fingerprint density at radius 3 is 2.71 bits per heavy atom. The molecule has 3 aromatic carbocycles. The fourth-order valence-corrected chi connectivity index (χ4v) is 6.92. The molecule has 1 amide bonds. The number of benzene rings is 3. The van der Waals surface area contributed by atoms with Crippen molar-refractivity contribution in [3.05, 3.63) is 126 Å². The van der Waals surface area contributed by atoms with Gasteiger partial charge in [0.15, 0.2) is 0 Å². The highest BCUT2D eigenvalue weighted by Crippen LogP contribution is 2.34. The summed E-state index contributed by atoms with van der Waals surface area (Å²) in [6.07, 6.45) is 4.91. The van der Waals surface area contributed by atoms with Crippen LogP contribution < -0.4 is 16.0 Å². The van der Waals surface area contributed by atoms with Gasteiger partial charge < -0.3 is 16.0 Å². The van der Waals surface area contributed by atoms with Gasteiger partial charge in [0.05, 0.1) is 22.6 Å². The second-order valence-electron chi connectivity index (χ2n) is 11.1. The molecule has 3 N–H and O–H groups in total. The zero-order chi connectivity index (χ0) is 30.2. The third-order valence-corrected chi connectivity index (χ3v) is 9.21. The lowest BCUT2D eigenvalue weighted by Crippen LogP contribution is -2.11. The van der Waals surface area contributed by atoms with Gasteiger partial charge in [0.2, 0.25) is 5.95 Å². The number of amides is 1. The summed E-state index contributed by atoms with van der Waals surface area (Å²) in [5, 5.41) is 13.0. The molecule has 7 aromatic rings. The minimum Gasteiger partial charge on any atom is -0.324 e. The summed E-state index contributed by atoms with van der Waals surface area (Å²) in [4.78, 5) is 27.8. The first-order chi connectivity index (χ1) is 22.2. The lowest BCUT2D eigenvalue weighted by Gasteiger charge is -2.11. The van der Waals surface area contributed by atoms with E-state index in [2.05, 4.69) is 45.2 Å². The molecule has 9 heteroatoms. The van der Waals surface area contributed by atoms with Crippen LogP contribution in [0.25, 0.3) is 38.4 Å². The molecule has 4 aromatic heterocycles. The molecule has 0 bridgehead atoms. The number of thiophene rings is 1. The molecule has 8 rings (SSSR count). The van der Waals surface area contributed by atoms with E-state index in [9.17, 15) is 4.79 Å².